The summed E-state index contributed by atoms with van der Waals surface area (Å²) in [6.07, 6.45) is 1.57. The number of imide groups is 1. The zero-order valence-electron chi connectivity index (χ0n) is 14.0. The van der Waals surface area contributed by atoms with Crippen LogP contribution < -0.4 is 9.47 Å². The largest absolute Gasteiger partial charge is 0.493 e. The lowest BCUT2D eigenvalue weighted by Gasteiger charge is -2.14. The van der Waals surface area contributed by atoms with Crippen LogP contribution in [-0.4, -0.2) is 36.3 Å². The van der Waals surface area contributed by atoms with Crippen LogP contribution in [0.4, 0.5) is 9.18 Å². The van der Waals surface area contributed by atoms with Gasteiger partial charge >= 0.3 is 0 Å². The van der Waals surface area contributed by atoms with Crippen molar-refractivity contribution in [2.45, 2.75) is 0 Å². The Morgan fingerprint density at radius 3 is 2.46 bits per heavy atom. The molecule has 0 N–H and O–H groups in total. The van der Waals surface area contributed by atoms with Gasteiger partial charge in [0.15, 0.2) is 11.5 Å². The second kappa shape index (κ2) is 8.05. The van der Waals surface area contributed by atoms with Crippen molar-refractivity contribution in [3.63, 3.8) is 0 Å². The SMILES string of the molecule is COc1ccccc1OCCN1C(=O)S/C(=C\c2ccc(F)cc2)C1=O. The molecule has 0 atom stereocenters. The molecular weight excluding hydrogens is 357 g/mol. The summed E-state index contributed by atoms with van der Waals surface area (Å²) in [5, 5.41) is -0.355. The molecule has 2 amide bonds. The second-order valence-electron chi connectivity index (χ2n) is 5.38. The van der Waals surface area contributed by atoms with Gasteiger partial charge in [-0.3, -0.25) is 14.5 Å². The third-order valence-corrected chi connectivity index (χ3v) is 4.59. The van der Waals surface area contributed by atoms with Crippen molar-refractivity contribution < 1.29 is 23.5 Å². The van der Waals surface area contributed by atoms with Gasteiger partial charge in [-0.1, -0.05) is 24.3 Å². The highest BCUT2D eigenvalue weighted by Gasteiger charge is 2.34. The van der Waals surface area contributed by atoms with Crippen LogP contribution in [0.5, 0.6) is 11.5 Å². The molecular formula is C19H16FNO4S. The van der Waals surface area contributed by atoms with E-state index in [2.05, 4.69) is 0 Å². The third-order valence-electron chi connectivity index (χ3n) is 3.68. The molecule has 1 aliphatic heterocycles. The summed E-state index contributed by atoms with van der Waals surface area (Å²) in [7, 11) is 1.54. The van der Waals surface area contributed by atoms with Crippen molar-refractivity contribution in [2.75, 3.05) is 20.3 Å². The fourth-order valence-corrected chi connectivity index (χ4v) is 3.25. The summed E-state index contributed by atoms with van der Waals surface area (Å²) in [5.41, 5.74) is 0.655. The standard InChI is InChI=1S/C19H16FNO4S/c1-24-15-4-2-3-5-16(15)25-11-10-21-18(22)17(26-19(21)23)12-13-6-8-14(20)9-7-13/h2-9,12H,10-11H2,1H3/b17-12-. The van der Waals surface area contributed by atoms with Crippen molar-refractivity contribution in [1.82, 2.24) is 4.90 Å². The Labute approximate surface area is 154 Å². The Balaban J connectivity index is 1.63. The van der Waals surface area contributed by atoms with Crippen LogP contribution in [0.25, 0.3) is 6.08 Å². The first-order chi connectivity index (χ1) is 12.6. The number of nitrogens with zero attached hydrogens (tertiary/aromatic N) is 1. The molecule has 1 heterocycles. The highest BCUT2D eigenvalue weighted by Crippen LogP contribution is 2.32. The topological polar surface area (TPSA) is 55.8 Å². The van der Waals surface area contributed by atoms with E-state index in [1.165, 1.54) is 12.1 Å². The molecule has 1 aliphatic rings. The summed E-state index contributed by atoms with van der Waals surface area (Å²) in [6.45, 7) is 0.283. The Morgan fingerprint density at radius 2 is 1.77 bits per heavy atom. The predicted octanol–water partition coefficient (Wildman–Crippen LogP) is 3.95. The van der Waals surface area contributed by atoms with Crippen molar-refractivity contribution in [3.05, 3.63) is 64.8 Å². The minimum absolute atomic E-state index is 0.128. The highest BCUT2D eigenvalue weighted by atomic mass is 32.2. The van der Waals surface area contributed by atoms with Crippen LogP contribution in [0.2, 0.25) is 0 Å². The van der Waals surface area contributed by atoms with E-state index in [0.29, 0.717) is 22.0 Å². The summed E-state index contributed by atoms with van der Waals surface area (Å²) in [4.78, 5) is 25.9. The van der Waals surface area contributed by atoms with E-state index in [-0.39, 0.29) is 30.1 Å². The van der Waals surface area contributed by atoms with Crippen LogP contribution in [0.15, 0.2) is 53.4 Å². The van der Waals surface area contributed by atoms with Crippen LogP contribution in [0, 0.1) is 5.82 Å². The number of carbonyl (C=O) groups excluding carboxylic acids is 2. The number of methoxy groups -OCH3 is 1. The van der Waals surface area contributed by atoms with Gasteiger partial charge in [-0.2, -0.15) is 0 Å². The van der Waals surface area contributed by atoms with Gasteiger partial charge in [0.1, 0.15) is 12.4 Å². The molecule has 0 aromatic heterocycles. The maximum atomic E-state index is 13.0. The Morgan fingerprint density at radius 1 is 1.08 bits per heavy atom. The van der Waals surface area contributed by atoms with Crippen molar-refractivity contribution in [3.8, 4) is 11.5 Å². The number of carbonyl (C=O) groups is 2. The lowest BCUT2D eigenvalue weighted by Crippen LogP contribution is -2.32. The number of benzene rings is 2. The third kappa shape index (κ3) is 4.05. The summed E-state index contributed by atoms with van der Waals surface area (Å²) in [5.74, 6) is 0.387. The fraction of sp³-hybridized carbons (Fsp3) is 0.158. The van der Waals surface area contributed by atoms with Crippen LogP contribution in [-0.2, 0) is 4.79 Å². The Kier molecular flexibility index (Phi) is 5.58. The smallest absolute Gasteiger partial charge is 0.293 e. The summed E-state index contributed by atoms with van der Waals surface area (Å²) >= 11 is 0.859. The molecule has 3 rings (SSSR count). The molecule has 26 heavy (non-hydrogen) atoms. The number of hydrogen-bond acceptors (Lipinski definition) is 5. The molecule has 7 heteroatoms. The average Bonchev–Trinajstić information content (AvgIpc) is 2.91. The first-order valence-corrected chi connectivity index (χ1v) is 8.67. The average molecular weight is 373 g/mol. The van der Waals surface area contributed by atoms with Crippen LogP contribution in [0.1, 0.15) is 5.56 Å². The number of halogens is 1. The van der Waals surface area contributed by atoms with Crippen molar-refractivity contribution >= 4 is 29.0 Å². The van der Waals surface area contributed by atoms with Gasteiger partial charge in [0.25, 0.3) is 11.1 Å². The van der Waals surface area contributed by atoms with Gasteiger partial charge in [-0.15, -0.1) is 0 Å². The van der Waals surface area contributed by atoms with E-state index in [9.17, 15) is 14.0 Å². The highest BCUT2D eigenvalue weighted by molar-refractivity contribution is 8.18. The molecule has 5 nitrogen and oxygen atoms in total. The van der Waals surface area contributed by atoms with Gasteiger partial charge in [-0.05, 0) is 47.7 Å². The molecule has 0 spiro atoms. The molecule has 134 valence electrons. The molecule has 2 aromatic rings. The maximum Gasteiger partial charge on any atom is 0.293 e. The fourth-order valence-electron chi connectivity index (χ4n) is 2.39. The lowest BCUT2D eigenvalue weighted by atomic mass is 10.2. The van der Waals surface area contributed by atoms with E-state index in [1.807, 2.05) is 12.1 Å². The minimum atomic E-state index is -0.382. The number of para-hydroxylation sites is 2. The quantitative estimate of drug-likeness (QED) is 0.718. The molecule has 2 aromatic carbocycles. The molecule has 1 saturated heterocycles. The molecule has 0 radical (unpaired) electrons. The van der Waals surface area contributed by atoms with Crippen molar-refractivity contribution in [1.29, 1.82) is 0 Å². The maximum absolute atomic E-state index is 13.0. The summed E-state index contributed by atoms with van der Waals surface area (Å²) < 4.78 is 23.8. The molecule has 0 bridgehead atoms. The molecule has 0 unspecified atom stereocenters. The van der Waals surface area contributed by atoms with Gasteiger partial charge in [0, 0.05) is 0 Å². The molecule has 0 aliphatic carbocycles. The van der Waals surface area contributed by atoms with E-state index in [0.717, 1.165) is 16.7 Å². The number of hydrogen-bond donors (Lipinski definition) is 0. The van der Waals surface area contributed by atoms with Crippen LogP contribution >= 0.6 is 11.8 Å². The van der Waals surface area contributed by atoms with E-state index in [4.69, 9.17) is 9.47 Å². The summed E-state index contributed by atoms with van der Waals surface area (Å²) in [6, 6.07) is 12.9. The monoisotopic (exact) mass is 373 g/mol. The van der Waals surface area contributed by atoms with Gasteiger partial charge in [0.2, 0.25) is 0 Å². The zero-order chi connectivity index (χ0) is 18.5. The lowest BCUT2D eigenvalue weighted by molar-refractivity contribution is -0.123. The number of thioether (sulfide) groups is 1. The number of ether oxygens (including phenoxy) is 2. The first-order valence-electron chi connectivity index (χ1n) is 7.85. The Hall–Kier alpha value is -2.80. The minimum Gasteiger partial charge on any atom is -0.493 e. The predicted molar refractivity (Wildman–Crippen MR) is 97.6 cm³/mol. The van der Waals surface area contributed by atoms with Gasteiger partial charge in [-0.25, -0.2) is 4.39 Å². The molecule has 1 fully saturated rings. The van der Waals surface area contributed by atoms with E-state index in [1.54, 1.807) is 37.5 Å². The first kappa shape index (κ1) is 18.0. The molecule has 0 saturated carbocycles. The normalized spacial score (nSPS) is 15.6. The second-order valence-corrected chi connectivity index (χ2v) is 6.38. The number of rotatable bonds is 6. The Bertz CT molecular complexity index is 851. The van der Waals surface area contributed by atoms with E-state index >= 15 is 0 Å². The van der Waals surface area contributed by atoms with Gasteiger partial charge in [0.05, 0.1) is 18.6 Å². The number of amides is 2. The van der Waals surface area contributed by atoms with Gasteiger partial charge < -0.3 is 9.47 Å². The zero-order valence-corrected chi connectivity index (χ0v) is 14.8. The van der Waals surface area contributed by atoms with E-state index < -0.39 is 0 Å². The van der Waals surface area contributed by atoms with Crippen LogP contribution in [0.3, 0.4) is 0 Å². The van der Waals surface area contributed by atoms with Crippen molar-refractivity contribution in [2.24, 2.45) is 0 Å².